The van der Waals surface area contributed by atoms with Gasteiger partial charge in [-0.1, -0.05) is 0 Å². The lowest BCUT2D eigenvalue weighted by atomic mass is 9.94. The van der Waals surface area contributed by atoms with Gasteiger partial charge in [0.05, 0.1) is 17.4 Å². The monoisotopic (exact) mass is 322 g/mol. The Kier molecular flexibility index (Phi) is 5.72. The van der Waals surface area contributed by atoms with Crippen LogP contribution >= 0.6 is 7.60 Å². The third-order valence-corrected chi connectivity index (χ3v) is 5.34. The molecule has 8 heteroatoms. The van der Waals surface area contributed by atoms with Crippen LogP contribution in [0.3, 0.4) is 0 Å². The summed E-state index contributed by atoms with van der Waals surface area (Å²) in [5.41, 5.74) is -0.441. The van der Waals surface area contributed by atoms with Crippen LogP contribution in [0.2, 0.25) is 0 Å². The number of alkyl halides is 1. The molecule has 5 nitrogen and oxygen atoms in total. The lowest BCUT2D eigenvalue weighted by Gasteiger charge is -2.29. The van der Waals surface area contributed by atoms with Crippen molar-refractivity contribution in [2.45, 2.75) is 76.7 Å². The van der Waals surface area contributed by atoms with Gasteiger partial charge in [0.2, 0.25) is 0 Å². The lowest BCUT2D eigenvalue weighted by Crippen LogP contribution is -2.36. The van der Waals surface area contributed by atoms with Crippen LogP contribution in [0, 0.1) is 0 Å². The van der Waals surface area contributed by atoms with Gasteiger partial charge in [-0.05, 0) is 41.5 Å². The molecule has 0 spiro atoms. The van der Waals surface area contributed by atoms with Crippen LogP contribution in [-0.4, -0.2) is 54.5 Å². The van der Waals surface area contributed by atoms with Crippen LogP contribution in [0.5, 0.6) is 0 Å². The summed E-state index contributed by atoms with van der Waals surface area (Å²) in [6.07, 6.45) is -3.82. The van der Waals surface area contributed by atoms with Gasteiger partial charge in [0, 0.05) is 6.00 Å². The summed E-state index contributed by atoms with van der Waals surface area (Å²) in [5.74, 6) is 0. The molecule has 0 aromatic rings. The van der Waals surface area contributed by atoms with E-state index in [-0.39, 0.29) is 6.61 Å². The zero-order valence-electron chi connectivity index (χ0n) is 13.5. The fourth-order valence-electron chi connectivity index (χ4n) is 1.65. The van der Waals surface area contributed by atoms with E-state index in [0.717, 1.165) is 0 Å². The van der Waals surface area contributed by atoms with E-state index in [9.17, 15) is 13.8 Å². The molecule has 3 unspecified atom stereocenters. The van der Waals surface area contributed by atoms with E-state index in [0.29, 0.717) is 0 Å². The molecule has 1 N–H and O–H groups in total. The maximum Gasteiger partial charge on any atom is 0.333 e. The summed E-state index contributed by atoms with van der Waals surface area (Å²) in [7, 11) is 1.66. The first-order valence-corrected chi connectivity index (χ1v) is 8.53. The predicted molar refractivity (Wildman–Crippen MR) is 79.5 cm³/mol. The SMILES string of the molecule is [B]C1OC(COC(C)(C)C)[C@H](F)[C@H]1OP(=O)(O)C(C)(C)C. The highest BCUT2D eigenvalue weighted by Crippen LogP contribution is 2.57. The van der Waals surface area contributed by atoms with Crippen LogP contribution in [-0.2, 0) is 18.6 Å². The van der Waals surface area contributed by atoms with E-state index in [2.05, 4.69) is 0 Å². The molecule has 1 rings (SSSR count). The summed E-state index contributed by atoms with van der Waals surface area (Å²) in [6, 6.07) is -1.10. The van der Waals surface area contributed by atoms with E-state index in [1.807, 2.05) is 20.8 Å². The van der Waals surface area contributed by atoms with Crippen molar-refractivity contribution in [1.29, 1.82) is 0 Å². The average molecular weight is 322 g/mol. The normalized spacial score (nSPS) is 33.9. The van der Waals surface area contributed by atoms with Gasteiger partial charge < -0.3 is 14.4 Å². The van der Waals surface area contributed by atoms with Crippen molar-refractivity contribution in [3.05, 3.63) is 0 Å². The third kappa shape index (κ3) is 5.03. The fourth-order valence-corrected chi connectivity index (χ4v) is 2.53. The molecule has 1 heterocycles. The molecule has 122 valence electrons. The molecular weight excluding hydrogens is 297 g/mol. The molecule has 5 atom stereocenters. The van der Waals surface area contributed by atoms with Gasteiger partial charge in [-0.15, -0.1) is 0 Å². The molecule has 1 aliphatic heterocycles. The molecular formula is C13H25BFO5P. The van der Waals surface area contributed by atoms with Gasteiger partial charge in [-0.2, -0.15) is 0 Å². The molecule has 0 bridgehead atoms. The zero-order valence-corrected chi connectivity index (χ0v) is 14.4. The second-order valence-corrected chi connectivity index (χ2v) is 9.86. The van der Waals surface area contributed by atoms with Gasteiger partial charge in [0.1, 0.15) is 20.1 Å². The van der Waals surface area contributed by atoms with Crippen LogP contribution in [0.15, 0.2) is 0 Å². The maximum atomic E-state index is 14.4. The minimum atomic E-state index is -4.02. The van der Waals surface area contributed by atoms with Gasteiger partial charge in [-0.25, -0.2) is 4.39 Å². The Morgan fingerprint density at radius 3 is 2.24 bits per heavy atom. The summed E-state index contributed by atoms with van der Waals surface area (Å²) >= 11 is 0. The molecule has 1 aliphatic rings. The van der Waals surface area contributed by atoms with Crippen LogP contribution < -0.4 is 0 Å². The molecule has 1 saturated heterocycles. The van der Waals surface area contributed by atoms with E-state index in [1.165, 1.54) is 0 Å². The van der Waals surface area contributed by atoms with E-state index in [4.69, 9.17) is 21.8 Å². The number of halogens is 1. The summed E-state index contributed by atoms with van der Waals surface area (Å²) in [4.78, 5) is 9.92. The minimum absolute atomic E-state index is 0.00345. The van der Waals surface area contributed by atoms with Gasteiger partial charge >= 0.3 is 7.60 Å². The Bertz CT molecular complexity index is 406. The Balaban J connectivity index is 2.72. The highest BCUT2D eigenvalue weighted by atomic mass is 31.2. The molecule has 0 aromatic carbocycles. The summed E-state index contributed by atoms with van der Waals surface area (Å²) < 4.78 is 42.3. The van der Waals surface area contributed by atoms with E-state index < -0.39 is 42.7 Å². The van der Waals surface area contributed by atoms with Crippen molar-refractivity contribution < 1.29 is 27.8 Å². The van der Waals surface area contributed by atoms with Crippen LogP contribution in [0.25, 0.3) is 0 Å². The minimum Gasteiger partial charge on any atom is -0.376 e. The number of ether oxygens (including phenoxy) is 2. The molecule has 0 amide bonds. The quantitative estimate of drug-likeness (QED) is 0.636. The molecule has 1 fully saturated rings. The first-order chi connectivity index (χ1) is 9.24. The molecule has 0 aromatic heterocycles. The van der Waals surface area contributed by atoms with Crippen LogP contribution in [0.1, 0.15) is 41.5 Å². The van der Waals surface area contributed by atoms with Gasteiger partial charge in [0.25, 0.3) is 0 Å². The van der Waals surface area contributed by atoms with Crippen molar-refractivity contribution in [2.75, 3.05) is 6.61 Å². The Hall–Kier alpha value is 0.0649. The fraction of sp³-hybridized carbons (Fsp3) is 1.00. The van der Waals surface area contributed by atoms with Crippen molar-refractivity contribution >= 4 is 15.4 Å². The van der Waals surface area contributed by atoms with Crippen molar-refractivity contribution in [3.8, 4) is 0 Å². The smallest absolute Gasteiger partial charge is 0.333 e. The van der Waals surface area contributed by atoms with Crippen molar-refractivity contribution in [2.24, 2.45) is 0 Å². The summed E-state index contributed by atoms with van der Waals surface area (Å²) in [5, 5.41) is -1.02. The number of rotatable bonds is 4. The molecule has 0 saturated carbocycles. The highest BCUT2D eigenvalue weighted by Gasteiger charge is 2.49. The second-order valence-electron chi connectivity index (χ2n) is 7.27. The molecule has 21 heavy (non-hydrogen) atoms. The topological polar surface area (TPSA) is 65.0 Å². The molecule has 2 radical (unpaired) electrons. The first kappa shape index (κ1) is 19.1. The number of hydrogen-bond acceptors (Lipinski definition) is 4. The van der Waals surface area contributed by atoms with Gasteiger partial charge in [-0.3, -0.25) is 9.09 Å². The first-order valence-electron chi connectivity index (χ1n) is 6.95. The largest absolute Gasteiger partial charge is 0.376 e. The van der Waals surface area contributed by atoms with Crippen molar-refractivity contribution in [1.82, 2.24) is 0 Å². The van der Waals surface area contributed by atoms with E-state index >= 15 is 0 Å². The Labute approximate surface area is 127 Å². The van der Waals surface area contributed by atoms with Gasteiger partial charge in [0.15, 0.2) is 6.17 Å². The number of hydrogen-bond donors (Lipinski definition) is 1. The third-order valence-electron chi connectivity index (χ3n) is 3.12. The van der Waals surface area contributed by atoms with E-state index in [1.54, 1.807) is 20.8 Å². The predicted octanol–water partition coefficient (Wildman–Crippen LogP) is 2.40. The molecule has 0 aliphatic carbocycles. The summed E-state index contributed by atoms with van der Waals surface area (Å²) in [6.45, 7) is 10.1. The maximum absolute atomic E-state index is 14.4. The van der Waals surface area contributed by atoms with Crippen LogP contribution in [0.4, 0.5) is 4.39 Å². The Morgan fingerprint density at radius 1 is 1.29 bits per heavy atom. The second kappa shape index (κ2) is 6.28. The average Bonchev–Trinajstić information content (AvgIpc) is 2.51. The Morgan fingerprint density at radius 2 is 1.81 bits per heavy atom. The zero-order chi connectivity index (χ0) is 16.6. The lowest BCUT2D eigenvalue weighted by molar-refractivity contribution is -0.0711. The highest BCUT2D eigenvalue weighted by molar-refractivity contribution is 7.54. The standard InChI is InChI=1S/C13H25BFO5P/c1-12(2,3)18-7-8-9(15)10(11(14)19-8)20-21(16,17)13(4,5)6/h8-11H,7H2,1-6H3,(H,16,17)/t8?,9-,10+,11?/m0/s1. The van der Waals surface area contributed by atoms with Crippen molar-refractivity contribution in [3.63, 3.8) is 0 Å².